The number of furan rings is 1. The highest BCUT2D eigenvalue weighted by atomic mass is 16.5. The van der Waals surface area contributed by atoms with E-state index in [0.717, 1.165) is 63.6 Å². The molecule has 28 heavy (non-hydrogen) atoms. The molecule has 2 aliphatic rings. The van der Waals surface area contributed by atoms with Crippen molar-refractivity contribution >= 4 is 5.96 Å². The van der Waals surface area contributed by atoms with Gasteiger partial charge in [-0.25, -0.2) is 0 Å². The van der Waals surface area contributed by atoms with Gasteiger partial charge in [-0.15, -0.1) is 0 Å². The fourth-order valence-corrected chi connectivity index (χ4v) is 4.26. The molecular weight excluding hydrogens is 352 g/mol. The van der Waals surface area contributed by atoms with E-state index in [4.69, 9.17) is 14.1 Å². The number of hydrogen-bond donors (Lipinski definition) is 1. The van der Waals surface area contributed by atoms with E-state index >= 15 is 0 Å². The summed E-state index contributed by atoms with van der Waals surface area (Å²) in [5.74, 6) is 2.82. The van der Waals surface area contributed by atoms with Crippen LogP contribution in [0.5, 0.6) is 0 Å². The lowest BCUT2D eigenvalue weighted by molar-refractivity contribution is 0.0625. The van der Waals surface area contributed by atoms with E-state index in [-0.39, 0.29) is 6.04 Å². The Balaban J connectivity index is 1.61. The van der Waals surface area contributed by atoms with Crippen molar-refractivity contribution in [3.8, 4) is 0 Å². The molecule has 1 aromatic heterocycles. The normalized spacial score (nSPS) is 20.9. The smallest absolute Gasteiger partial charge is 0.193 e. The van der Waals surface area contributed by atoms with Crippen LogP contribution in [-0.2, 0) is 4.74 Å². The average molecular weight is 391 g/mol. The number of rotatable bonds is 8. The molecule has 0 amide bonds. The first-order valence-corrected chi connectivity index (χ1v) is 11.1. The molecule has 2 fully saturated rings. The molecule has 3 rings (SSSR count). The summed E-state index contributed by atoms with van der Waals surface area (Å²) in [6, 6.07) is 4.31. The molecule has 1 atom stereocenters. The highest BCUT2D eigenvalue weighted by molar-refractivity contribution is 5.79. The van der Waals surface area contributed by atoms with Gasteiger partial charge >= 0.3 is 0 Å². The van der Waals surface area contributed by atoms with Crippen LogP contribution in [0.4, 0.5) is 0 Å². The van der Waals surface area contributed by atoms with Crippen molar-refractivity contribution in [1.29, 1.82) is 0 Å². The Kier molecular flexibility index (Phi) is 8.68. The number of likely N-dealkylation sites (tertiary alicyclic amines) is 1. The van der Waals surface area contributed by atoms with E-state index < -0.39 is 0 Å². The van der Waals surface area contributed by atoms with E-state index in [1.165, 1.54) is 38.5 Å². The quantitative estimate of drug-likeness (QED) is 0.544. The van der Waals surface area contributed by atoms with E-state index in [1.54, 1.807) is 6.26 Å². The Morgan fingerprint density at radius 1 is 1.29 bits per heavy atom. The fourth-order valence-electron chi connectivity index (χ4n) is 4.26. The van der Waals surface area contributed by atoms with Crippen molar-refractivity contribution < 1.29 is 9.15 Å². The maximum absolute atomic E-state index is 5.77. The number of aliphatic imine (C=N–C) groups is 1. The average Bonchev–Trinajstić information content (AvgIpc) is 3.27. The Bertz CT molecular complexity index is 563. The molecule has 0 aliphatic carbocycles. The maximum atomic E-state index is 5.77. The van der Waals surface area contributed by atoms with Crippen LogP contribution in [0.2, 0.25) is 0 Å². The second-order valence-electron chi connectivity index (χ2n) is 8.09. The van der Waals surface area contributed by atoms with Gasteiger partial charge in [-0.1, -0.05) is 6.42 Å². The highest BCUT2D eigenvalue weighted by Gasteiger charge is 2.24. The largest absolute Gasteiger partial charge is 0.468 e. The van der Waals surface area contributed by atoms with E-state index in [2.05, 4.69) is 35.2 Å². The summed E-state index contributed by atoms with van der Waals surface area (Å²) < 4.78 is 11.3. The van der Waals surface area contributed by atoms with Gasteiger partial charge in [0.1, 0.15) is 5.76 Å². The lowest BCUT2D eigenvalue weighted by atomic mass is 9.96. The molecule has 2 aliphatic heterocycles. The van der Waals surface area contributed by atoms with Crippen LogP contribution in [0.1, 0.15) is 57.3 Å². The van der Waals surface area contributed by atoms with Crippen molar-refractivity contribution in [3.05, 3.63) is 24.2 Å². The SMILES string of the molecule is CCNC(=NCC(c1ccco1)N1CCCCC1)N(C)CCC1CCOCC1. The summed E-state index contributed by atoms with van der Waals surface area (Å²) >= 11 is 0. The van der Waals surface area contributed by atoms with Crippen LogP contribution < -0.4 is 5.32 Å². The summed E-state index contributed by atoms with van der Waals surface area (Å²) in [5.41, 5.74) is 0. The Morgan fingerprint density at radius 3 is 2.75 bits per heavy atom. The molecule has 2 saturated heterocycles. The number of hydrogen-bond acceptors (Lipinski definition) is 4. The molecule has 0 radical (unpaired) electrons. The monoisotopic (exact) mass is 390 g/mol. The van der Waals surface area contributed by atoms with E-state index in [0.29, 0.717) is 0 Å². The number of piperidine rings is 1. The van der Waals surface area contributed by atoms with Gasteiger partial charge in [-0.3, -0.25) is 9.89 Å². The van der Waals surface area contributed by atoms with Crippen molar-refractivity contribution in [2.24, 2.45) is 10.9 Å². The molecule has 6 nitrogen and oxygen atoms in total. The molecular formula is C22H38N4O2. The molecule has 0 bridgehead atoms. The van der Waals surface area contributed by atoms with Gasteiger partial charge < -0.3 is 19.4 Å². The van der Waals surface area contributed by atoms with Gasteiger partial charge in [-0.2, -0.15) is 0 Å². The zero-order chi connectivity index (χ0) is 19.6. The lowest BCUT2D eigenvalue weighted by Gasteiger charge is -2.33. The first kappa shape index (κ1) is 21.2. The van der Waals surface area contributed by atoms with Crippen LogP contribution in [0, 0.1) is 5.92 Å². The topological polar surface area (TPSA) is 53.2 Å². The molecule has 1 N–H and O–H groups in total. The predicted octanol–water partition coefficient (Wildman–Crippen LogP) is 3.52. The summed E-state index contributed by atoms with van der Waals surface area (Å²) in [4.78, 5) is 9.84. The number of nitrogens with zero attached hydrogens (tertiary/aromatic N) is 3. The van der Waals surface area contributed by atoms with Gasteiger partial charge in [0.2, 0.25) is 0 Å². The van der Waals surface area contributed by atoms with Crippen LogP contribution >= 0.6 is 0 Å². The second kappa shape index (κ2) is 11.5. The summed E-state index contributed by atoms with van der Waals surface area (Å²) in [6.45, 7) is 8.90. The van der Waals surface area contributed by atoms with E-state index in [1.807, 2.05) is 6.07 Å². The van der Waals surface area contributed by atoms with Crippen LogP contribution in [0.25, 0.3) is 0 Å². The molecule has 1 unspecified atom stereocenters. The number of nitrogens with one attached hydrogen (secondary N) is 1. The maximum Gasteiger partial charge on any atom is 0.193 e. The van der Waals surface area contributed by atoms with Gasteiger partial charge in [0.05, 0.1) is 18.8 Å². The number of ether oxygens (including phenoxy) is 1. The first-order chi connectivity index (χ1) is 13.8. The van der Waals surface area contributed by atoms with Crippen molar-refractivity contribution in [2.75, 3.05) is 53.0 Å². The Hall–Kier alpha value is -1.53. The van der Waals surface area contributed by atoms with Gasteiger partial charge in [0.15, 0.2) is 5.96 Å². The van der Waals surface area contributed by atoms with Crippen LogP contribution in [0.3, 0.4) is 0 Å². The molecule has 6 heteroatoms. The van der Waals surface area contributed by atoms with Crippen LogP contribution in [0.15, 0.2) is 27.8 Å². The molecule has 0 saturated carbocycles. The molecule has 3 heterocycles. The summed E-state index contributed by atoms with van der Waals surface area (Å²) in [5, 5.41) is 3.48. The second-order valence-corrected chi connectivity index (χ2v) is 8.09. The minimum atomic E-state index is 0.229. The van der Waals surface area contributed by atoms with Crippen molar-refractivity contribution in [3.63, 3.8) is 0 Å². The fraction of sp³-hybridized carbons (Fsp3) is 0.773. The minimum absolute atomic E-state index is 0.229. The Morgan fingerprint density at radius 2 is 2.07 bits per heavy atom. The molecule has 1 aromatic rings. The summed E-state index contributed by atoms with van der Waals surface area (Å²) in [6.07, 6.45) is 9.24. The van der Waals surface area contributed by atoms with Crippen molar-refractivity contribution in [2.45, 2.75) is 51.5 Å². The lowest BCUT2D eigenvalue weighted by Crippen LogP contribution is -2.41. The molecule has 0 spiro atoms. The third-order valence-electron chi connectivity index (χ3n) is 6.03. The first-order valence-electron chi connectivity index (χ1n) is 11.1. The van der Waals surface area contributed by atoms with Crippen LogP contribution in [-0.4, -0.2) is 68.7 Å². The summed E-state index contributed by atoms with van der Waals surface area (Å²) in [7, 11) is 2.16. The Labute approximate surface area is 170 Å². The zero-order valence-corrected chi connectivity index (χ0v) is 17.7. The molecule has 0 aromatic carbocycles. The highest BCUT2D eigenvalue weighted by Crippen LogP contribution is 2.25. The van der Waals surface area contributed by atoms with Gasteiger partial charge in [-0.05, 0) is 70.2 Å². The third kappa shape index (κ3) is 6.24. The molecule has 158 valence electrons. The van der Waals surface area contributed by atoms with Crippen molar-refractivity contribution in [1.82, 2.24) is 15.1 Å². The van der Waals surface area contributed by atoms with Gasteiger partial charge in [0.25, 0.3) is 0 Å². The minimum Gasteiger partial charge on any atom is -0.468 e. The third-order valence-corrected chi connectivity index (χ3v) is 6.03. The standard InChI is InChI=1S/C22H38N4O2/c1-3-23-22(25(2)14-9-19-10-16-27-17-11-19)24-18-20(21-8-7-15-28-21)26-12-5-4-6-13-26/h7-8,15,19-20H,3-6,9-14,16-18H2,1-2H3,(H,23,24). The predicted molar refractivity (Wildman–Crippen MR) is 114 cm³/mol. The van der Waals surface area contributed by atoms with Gasteiger partial charge in [0, 0.05) is 33.4 Å². The number of guanidine groups is 1. The van der Waals surface area contributed by atoms with E-state index in [9.17, 15) is 0 Å². The zero-order valence-electron chi connectivity index (χ0n) is 17.7.